The summed E-state index contributed by atoms with van der Waals surface area (Å²) in [6.07, 6.45) is 7.23. The number of nitrogens with zero attached hydrogens (tertiary/aromatic N) is 4. The molecule has 1 fully saturated rings. The highest BCUT2D eigenvalue weighted by Crippen LogP contribution is 2.36. The van der Waals surface area contributed by atoms with Crippen molar-refractivity contribution in [1.29, 1.82) is 0 Å². The van der Waals surface area contributed by atoms with Gasteiger partial charge in [-0.1, -0.05) is 6.42 Å². The monoisotopic (exact) mass is 426 g/mol. The van der Waals surface area contributed by atoms with E-state index in [0.29, 0.717) is 36.7 Å². The van der Waals surface area contributed by atoms with E-state index < -0.39 is 0 Å². The maximum absolute atomic E-state index is 12.4. The van der Waals surface area contributed by atoms with Gasteiger partial charge in [-0.05, 0) is 56.5 Å². The number of benzene rings is 1. The summed E-state index contributed by atoms with van der Waals surface area (Å²) in [5.74, 6) is 1.09. The fourth-order valence-electron chi connectivity index (χ4n) is 3.76. The number of amides is 1. The standard InChI is InChI=1S/C21H26N6O2S/c1-27-9-3-2-5-17(27)21(28)23-8-4-10-29-20-15(14-11-25-30-13-14)6-7-16-19(20)26-18(22)12-24-16/h6-7,11-13,17H,2-5,8-10H2,1H3,(H2,22,26)(H,23,28). The molecule has 0 aliphatic carbocycles. The molecule has 158 valence electrons. The van der Waals surface area contributed by atoms with Crippen molar-refractivity contribution in [3.8, 4) is 16.9 Å². The predicted molar refractivity (Wildman–Crippen MR) is 118 cm³/mol. The third-order valence-electron chi connectivity index (χ3n) is 5.37. The Morgan fingerprint density at radius 2 is 2.27 bits per heavy atom. The van der Waals surface area contributed by atoms with Gasteiger partial charge in [0.05, 0.1) is 24.4 Å². The number of likely N-dealkylation sites (tertiary alicyclic amines) is 1. The summed E-state index contributed by atoms with van der Waals surface area (Å²) >= 11 is 1.38. The van der Waals surface area contributed by atoms with Crippen LogP contribution in [0.2, 0.25) is 0 Å². The van der Waals surface area contributed by atoms with Gasteiger partial charge in [-0.2, -0.15) is 0 Å². The number of hydrogen-bond acceptors (Lipinski definition) is 8. The van der Waals surface area contributed by atoms with Crippen molar-refractivity contribution in [2.45, 2.75) is 31.7 Å². The molecule has 3 aromatic rings. The summed E-state index contributed by atoms with van der Waals surface area (Å²) in [6.45, 7) is 1.99. The van der Waals surface area contributed by atoms with Crippen LogP contribution in [-0.2, 0) is 4.79 Å². The minimum Gasteiger partial charge on any atom is -0.491 e. The lowest BCUT2D eigenvalue weighted by Gasteiger charge is -2.31. The molecule has 8 nitrogen and oxygen atoms in total. The number of piperidine rings is 1. The first-order valence-electron chi connectivity index (χ1n) is 10.2. The molecular weight excluding hydrogens is 400 g/mol. The van der Waals surface area contributed by atoms with E-state index in [4.69, 9.17) is 10.5 Å². The number of carbonyl (C=O) groups is 1. The number of fused-ring (bicyclic) bond motifs is 1. The molecule has 1 aromatic carbocycles. The van der Waals surface area contributed by atoms with E-state index in [1.54, 1.807) is 6.20 Å². The Morgan fingerprint density at radius 3 is 3.07 bits per heavy atom. The van der Waals surface area contributed by atoms with Gasteiger partial charge in [-0.25, -0.2) is 9.36 Å². The van der Waals surface area contributed by atoms with Gasteiger partial charge in [-0.15, -0.1) is 0 Å². The minimum atomic E-state index is -0.0197. The summed E-state index contributed by atoms with van der Waals surface area (Å²) in [5.41, 5.74) is 9.09. The van der Waals surface area contributed by atoms with Gasteiger partial charge in [0, 0.05) is 29.2 Å². The smallest absolute Gasteiger partial charge is 0.237 e. The highest BCUT2D eigenvalue weighted by Gasteiger charge is 2.25. The van der Waals surface area contributed by atoms with Crippen molar-refractivity contribution in [1.82, 2.24) is 24.6 Å². The second kappa shape index (κ2) is 9.36. The number of rotatable bonds is 7. The third-order valence-corrected chi connectivity index (χ3v) is 5.96. The average Bonchev–Trinajstić information content (AvgIpc) is 3.28. The number of nitrogen functional groups attached to an aromatic ring is 1. The maximum Gasteiger partial charge on any atom is 0.237 e. The number of aromatic nitrogens is 3. The van der Waals surface area contributed by atoms with Crippen LogP contribution in [0.4, 0.5) is 5.82 Å². The van der Waals surface area contributed by atoms with Crippen LogP contribution in [0.3, 0.4) is 0 Å². The molecule has 1 aliphatic rings. The molecule has 3 N–H and O–H groups in total. The number of hydrogen-bond donors (Lipinski definition) is 2. The van der Waals surface area contributed by atoms with E-state index in [1.807, 2.05) is 24.6 Å². The number of anilines is 1. The molecule has 3 heterocycles. The molecule has 0 saturated carbocycles. The maximum atomic E-state index is 12.4. The number of nitrogens with two attached hydrogens (primary N) is 1. The number of likely N-dealkylation sites (N-methyl/N-ethyl adjacent to an activating group) is 1. The second-order valence-corrected chi connectivity index (χ2v) is 8.16. The zero-order valence-electron chi connectivity index (χ0n) is 17.0. The van der Waals surface area contributed by atoms with Crippen molar-refractivity contribution < 1.29 is 9.53 Å². The van der Waals surface area contributed by atoms with E-state index in [0.717, 1.165) is 42.5 Å². The topological polar surface area (TPSA) is 106 Å². The van der Waals surface area contributed by atoms with Gasteiger partial charge < -0.3 is 15.8 Å². The molecule has 1 saturated heterocycles. The van der Waals surface area contributed by atoms with Gasteiger partial charge in [0.1, 0.15) is 11.3 Å². The Balaban J connectivity index is 1.41. The lowest BCUT2D eigenvalue weighted by molar-refractivity contribution is -0.127. The normalized spacial score (nSPS) is 17.2. The summed E-state index contributed by atoms with van der Waals surface area (Å²) in [5, 5.41) is 5.01. The zero-order valence-corrected chi connectivity index (χ0v) is 17.8. The van der Waals surface area contributed by atoms with E-state index in [-0.39, 0.29) is 11.9 Å². The average molecular weight is 427 g/mol. The van der Waals surface area contributed by atoms with Gasteiger partial charge in [-0.3, -0.25) is 14.7 Å². The van der Waals surface area contributed by atoms with E-state index >= 15 is 0 Å². The first kappa shape index (κ1) is 20.5. The summed E-state index contributed by atoms with van der Waals surface area (Å²) in [7, 11) is 2.01. The Labute approximate surface area is 179 Å². The largest absolute Gasteiger partial charge is 0.491 e. The van der Waals surface area contributed by atoms with Crippen LogP contribution in [0.1, 0.15) is 25.7 Å². The van der Waals surface area contributed by atoms with E-state index in [9.17, 15) is 4.79 Å². The van der Waals surface area contributed by atoms with Crippen molar-refractivity contribution >= 4 is 34.3 Å². The summed E-state index contributed by atoms with van der Waals surface area (Å²) in [4.78, 5) is 23.4. The number of nitrogens with one attached hydrogen (secondary N) is 1. The fraction of sp³-hybridized carbons (Fsp3) is 0.429. The molecule has 9 heteroatoms. The Hall–Kier alpha value is -2.78. The third kappa shape index (κ3) is 4.52. The highest BCUT2D eigenvalue weighted by atomic mass is 32.1. The molecule has 4 rings (SSSR count). The SMILES string of the molecule is CN1CCCCC1C(=O)NCCCOc1c(-c2cnsc2)ccc2ncc(N)nc12. The van der Waals surface area contributed by atoms with Crippen molar-refractivity contribution in [2.24, 2.45) is 0 Å². The van der Waals surface area contributed by atoms with Crippen molar-refractivity contribution in [3.63, 3.8) is 0 Å². The summed E-state index contributed by atoms with van der Waals surface area (Å²) in [6, 6.07) is 3.85. The van der Waals surface area contributed by atoms with Gasteiger partial charge in [0.2, 0.25) is 5.91 Å². The quantitative estimate of drug-likeness (QED) is 0.560. The molecule has 2 aromatic heterocycles. The lowest BCUT2D eigenvalue weighted by Crippen LogP contribution is -2.47. The molecule has 1 aliphatic heterocycles. The number of ether oxygens (including phenoxy) is 1. The minimum absolute atomic E-state index is 0.0197. The molecule has 0 radical (unpaired) electrons. The summed E-state index contributed by atoms with van der Waals surface area (Å²) < 4.78 is 10.3. The van der Waals surface area contributed by atoms with Gasteiger partial charge in [0.15, 0.2) is 5.75 Å². The first-order chi connectivity index (χ1) is 14.6. The molecular formula is C21H26N6O2S. The fourth-order valence-corrected chi connectivity index (χ4v) is 4.30. The van der Waals surface area contributed by atoms with E-state index in [2.05, 4.69) is 24.6 Å². The van der Waals surface area contributed by atoms with Crippen LogP contribution in [0.15, 0.2) is 29.9 Å². The van der Waals surface area contributed by atoms with Crippen molar-refractivity contribution in [3.05, 3.63) is 29.9 Å². The molecule has 1 amide bonds. The zero-order chi connectivity index (χ0) is 20.9. The van der Waals surface area contributed by atoms with Gasteiger partial charge in [0.25, 0.3) is 0 Å². The molecule has 30 heavy (non-hydrogen) atoms. The molecule has 1 unspecified atom stereocenters. The van der Waals surface area contributed by atoms with Crippen LogP contribution in [0.25, 0.3) is 22.2 Å². The second-order valence-electron chi connectivity index (χ2n) is 7.50. The lowest BCUT2D eigenvalue weighted by atomic mass is 10.0. The molecule has 0 spiro atoms. The first-order valence-corrected chi connectivity index (χ1v) is 11.0. The van der Waals surface area contributed by atoms with Crippen LogP contribution in [0, 0.1) is 0 Å². The predicted octanol–water partition coefficient (Wildman–Crippen LogP) is 2.70. The molecule has 1 atom stereocenters. The Kier molecular flexibility index (Phi) is 6.39. The van der Waals surface area contributed by atoms with E-state index in [1.165, 1.54) is 17.7 Å². The molecule has 0 bridgehead atoms. The van der Waals surface area contributed by atoms with Crippen LogP contribution < -0.4 is 15.8 Å². The van der Waals surface area contributed by atoms with Crippen LogP contribution in [-0.4, -0.2) is 57.9 Å². The van der Waals surface area contributed by atoms with Gasteiger partial charge >= 0.3 is 0 Å². The highest BCUT2D eigenvalue weighted by molar-refractivity contribution is 7.03. The van der Waals surface area contributed by atoms with Crippen molar-refractivity contribution in [2.75, 3.05) is 32.5 Å². The Bertz CT molecular complexity index is 1010. The van der Waals surface area contributed by atoms with Crippen LogP contribution >= 0.6 is 11.5 Å². The Morgan fingerprint density at radius 1 is 1.37 bits per heavy atom. The number of carbonyl (C=O) groups excluding carboxylic acids is 1. The van der Waals surface area contributed by atoms with Crippen LogP contribution in [0.5, 0.6) is 5.75 Å².